The van der Waals surface area contributed by atoms with Crippen LogP contribution in [0.2, 0.25) is 10.0 Å². The number of phenolic OH excluding ortho intramolecular Hbond substituents is 2. The van der Waals surface area contributed by atoms with Crippen LogP contribution in [-0.4, -0.2) is 16.0 Å². The fraction of sp³-hybridized carbons (Fsp3) is 0.167. The fourth-order valence-electron chi connectivity index (χ4n) is 2.90. The Morgan fingerprint density at radius 1 is 1.17 bits per heavy atom. The van der Waals surface area contributed by atoms with Crippen molar-refractivity contribution >= 4 is 29.0 Å². The van der Waals surface area contributed by atoms with Crippen molar-refractivity contribution in [3.8, 4) is 11.5 Å². The highest BCUT2D eigenvalue weighted by atomic mass is 35.5. The number of halogens is 2. The summed E-state index contributed by atoms with van der Waals surface area (Å²) >= 11 is 11.9. The Balaban J connectivity index is 2.16. The molecule has 3 nitrogen and oxygen atoms in total. The van der Waals surface area contributed by atoms with Crippen molar-refractivity contribution in [2.24, 2.45) is 0 Å². The molecule has 3 rings (SSSR count). The summed E-state index contributed by atoms with van der Waals surface area (Å²) < 4.78 is 0. The van der Waals surface area contributed by atoms with Crippen molar-refractivity contribution in [3.05, 3.63) is 68.7 Å². The molecule has 0 saturated carbocycles. The molecular formula is C18H14Cl2O3. The van der Waals surface area contributed by atoms with Gasteiger partial charge in [0.2, 0.25) is 0 Å². The molecule has 0 heterocycles. The molecule has 0 saturated heterocycles. The van der Waals surface area contributed by atoms with E-state index in [4.69, 9.17) is 23.2 Å². The van der Waals surface area contributed by atoms with Crippen LogP contribution < -0.4 is 0 Å². The molecule has 1 atom stereocenters. The van der Waals surface area contributed by atoms with Crippen molar-refractivity contribution in [1.82, 2.24) is 0 Å². The van der Waals surface area contributed by atoms with Crippen molar-refractivity contribution in [2.45, 2.75) is 19.3 Å². The van der Waals surface area contributed by atoms with Crippen LogP contribution in [0.4, 0.5) is 0 Å². The number of phenols is 2. The van der Waals surface area contributed by atoms with Gasteiger partial charge in [0.25, 0.3) is 0 Å². The summed E-state index contributed by atoms with van der Waals surface area (Å²) in [6.07, 6.45) is 4.39. The molecule has 1 unspecified atom stereocenters. The summed E-state index contributed by atoms with van der Waals surface area (Å²) in [6.45, 7) is 1.90. The maximum absolute atomic E-state index is 12.7. The van der Waals surface area contributed by atoms with Crippen molar-refractivity contribution in [2.75, 3.05) is 0 Å². The normalized spacial score (nSPS) is 16.2. The third kappa shape index (κ3) is 2.71. The van der Waals surface area contributed by atoms with Crippen LogP contribution in [0.15, 0.2) is 36.4 Å². The SMILES string of the molecule is CC1C=CCc2c(O)cc(C(=O)c3ccc(Cl)cc3Cl)c(O)c21. The maximum Gasteiger partial charge on any atom is 0.198 e. The van der Waals surface area contributed by atoms with E-state index in [2.05, 4.69) is 0 Å². The zero-order chi connectivity index (χ0) is 16.7. The van der Waals surface area contributed by atoms with Gasteiger partial charge in [-0.2, -0.15) is 0 Å². The predicted molar refractivity (Wildman–Crippen MR) is 90.9 cm³/mol. The average molecular weight is 349 g/mol. The number of hydrogen-bond acceptors (Lipinski definition) is 3. The lowest BCUT2D eigenvalue weighted by Gasteiger charge is -2.21. The highest BCUT2D eigenvalue weighted by Crippen LogP contribution is 2.42. The Hall–Kier alpha value is -1.97. The second-order valence-corrected chi connectivity index (χ2v) is 6.40. The maximum atomic E-state index is 12.7. The predicted octanol–water partition coefficient (Wildman–Crippen LogP) is 4.85. The molecule has 0 spiro atoms. The molecule has 5 heteroatoms. The third-order valence-corrected chi connectivity index (χ3v) is 4.60. The molecule has 0 radical (unpaired) electrons. The molecule has 2 N–H and O–H groups in total. The first-order valence-corrected chi connectivity index (χ1v) is 7.90. The summed E-state index contributed by atoms with van der Waals surface area (Å²) in [7, 11) is 0. The number of carbonyl (C=O) groups is 1. The number of aromatic hydroxyl groups is 2. The van der Waals surface area contributed by atoms with Gasteiger partial charge >= 0.3 is 0 Å². The van der Waals surface area contributed by atoms with Gasteiger partial charge in [0.1, 0.15) is 11.5 Å². The van der Waals surface area contributed by atoms with Gasteiger partial charge in [0, 0.05) is 27.6 Å². The Labute approximate surface area is 143 Å². The third-order valence-electron chi connectivity index (χ3n) is 4.05. The number of benzene rings is 2. The van der Waals surface area contributed by atoms with E-state index >= 15 is 0 Å². The van der Waals surface area contributed by atoms with Crippen LogP contribution in [0.1, 0.15) is 39.9 Å². The van der Waals surface area contributed by atoms with E-state index in [1.807, 2.05) is 19.1 Å². The lowest BCUT2D eigenvalue weighted by molar-refractivity contribution is 0.103. The Bertz CT molecular complexity index is 841. The number of ketones is 1. The quantitative estimate of drug-likeness (QED) is 0.463. The average Bonchev–Trinajstić information content (AvgIpc) is 2.50. The van der Waals surface area contributed by atoms with Gasteiger partial charge in [0.15, 0.2) is 5.78 Å². The van der Waals surface area contributed by atoms with Gasteiger partial charge in [0.05, 0.1) is 10.6 Å². The first kappa shape index (κ1) is 15.9. The van der Waals surface area contributed by atoms with E-state index in [-0.39, 0.29) is 33.6 Å². The van der Waals surface area contributed by atoms with Crippen molar-refractivity contribution < 1.29 is 15.0 Å². The summed E-state index contributed by atoms with van der Waals surface area (Å²) in [6, 6.07) is 5.83. The number of fused-ring (bicyclic) bond motifs is 1. The molecule has 118 valence electrons. The first-order chi connectivity index (χ1) is 10.9. The molecular weight excluding hydrogens is 335 g/mol. The van der Waals surface area contributed by atoms with Crippen molar-refractivity contribution in [1.29, 1.82) is 0 Å². The first-order valence-electron chi connectivity index (χ1n) is 7.14. The van der Waals surface area contributed by atoms with Crippen molar-refractivity contribution in [3.63, 3.8) is 0 Å². The Kier molecular flexibility index (Phi) is 4.09. The molecule has 23 heavy (non-hydrogen) atoms. The topological polar surface area (TPSA) is 57.5 Å². The number of rotatable bonds is 2. The highest BCUT2D eigenvalue weighted by Gasteiger charge is 2.26. The molecule has 2 aromatic rings. The number of allylic oxidation sites excluding steroid dienone is 2. The van der Waals surface area contributed by atoms with E-state index in [0.717, 1.165) is 0 Å². The zero-order valence-electron chi connectivity index (χ0n) is 12.3. The summed E-state index contributed by atoms with van der Waals surface area (Å²) in [5.74, 6) is -0.643. The van der Waals surface area contributed by atoms with E-state index in [0.29, 0.717) is 22.6 Å². The number of carbonyl (C=O) groups excluding carboxylic acids is 1. The van der Waals surface area contributed by atoms with Gasteiger partial charge in [-0.25, -0.2) is 0 Å². The van der Waals surface area contributed by atoms with Crippen LogP contribution in [0.3, 0.4) is 0 Å². The molecule has 0 bridgehead atoms. The van der Waals surface area contributed by atoms with E-state index in [9.17, 15) is 15.0 Å². The monoisotopic (exact) mass is 348 g/mol. The van der Waals surface area contributed by atoms with Crippen LogP contribution in [-0.2, 0) is 6.42 Å². The molecule has 0 amide bonds. The zero-order valence-corrected chi connectivity index (χ0v) is 13.8. The minimum atomic E-state index is -0.455. The molecule has 1 aliphatic carbocycles. The largest absolute Gasteiger partial charge is 0.508 e. The summed E-state index contributed by atoms with van der Waals surface area (Å²) in [5.41, 5.74) is 1.49. The van der Waals surface area contributed by atoms with Gasteiger partial charge < -0.3 is 10.2 Å². The summed E-state index contributed by atoms with van der Waals surface area (Å²) in [4.78, 5) is 12.7. The highest BCUT2D eigenvalue weighted by molar-refractivity contribution is 6.37. The standard InChI is InChI=1S/C18H14Cl2O3/c1-9-3-2-4-12-15(21)8-13(18(23)16(9)12)17(22)11-6-5-10(19)7-14(11)20/h2-3,5-9,21,23H,4H2,1H3. The lowest BCUT2D eigenvalue weighted by Crippen LogP contribution is -2.09. The van der Waals surface area contributed by atoms with Gasteiger partial charge in [-0.1, -0.05) is 42.3 Å². The fourth-order valence-corrected chi connectivity index (χ4v) is 3.40. The molecule has 0 fully saturated rings. The smallest absolute Gasteiger partial charge is 0.198 e. The van der Waals surface area contributed by atoms with Gasteiger partial charge in [-0.15, -0.1) is 0 Å². The lowest BCUT2D eigenvalue weighted by atomic mass is 9.85. The van der Waals surface area contributed by atoms with Crippen LogP contribution in [0.25, 0.3) is 0 Å². The molecule has 0 aromatic heterocycles. The van der Waals surface area contributed by atoms with E-state index in [1.165, 1.54) is 18.2 Å². The van der Waals surface area contributed by atoms with Gasteiger partial charge in [-0.3, -0.25) is 4.79 Å². The van der Waals surface area contributed by atoms with Gasteiger partial charge in [-0.05, 0) is 30.7 Å². The van der Waals surface area contributed by atoms with Crippen LogP contribution >= 0.6 is 23.2 Å². The van der Waals surface area contributed by atoms with Crippen LogP contribution in [0.5, 0.6) is 11.5 Å². The molecule has 0 aliphatic heterocycles. The van der Waals surface area contributed by atoms with E-state index in [1.54, 1.807) is 6.07 Å². The molecule has 2 aromatic carbocycles. The second-order valence-electron chi connectivity index (χ2n) is 5.56. The second kappa shape index (κ2) is 5.91. The van der Waals surface area contributed by atoms with Crippen LogP contribution in [0, 0.1) is 0 Å². The minimum Gasteiger partial charge on any atom is -0.508 e. The number of hydrogen-bond donors (Lipinski definition) is 2. The Morgan fingerprint density at radius 2 is 1.91 bits per heavy atom. The minimum absolute atomic E-state index is 0.00226. The van der Waals surface area contributed by atoms with E-state index < -0.39 is 5.78 Å². The summed E-state index contributed by atoms with van der Waals surface area (Å²) in [5, 5.41) is 21.4. The Morgan fingerprint density at radius 3 is 2.61 bits per heavy atom. The molecule has 1 aliphatic rings.